The highest BCUT2D eigenvalue weighted by Crippen LogP contribution is 2.26. The zero-order valence-electron chi connectivity index (χ0n) is 44.8. The summed E-state index contributed by atoms with van der Waals surface area (Å²) in [5.74, 6) is -1.28. The predicted molar refractivity (Wildman–Crippen MR) is 280 cm³/mol. The normalized spacial score (nSPS) is 17.2. The van der Waals surface area contributed by atoms with Crippen LogP contribution in [0, 0.1) is 0 Å². The van der Waals surface area contributed by atoms with Crippen molar-refractivity contribution in [2.45, 2.75) is 354 Å². The van der Waals surface area contributed by atoms with Gasteiger partial charge in [0.25, 0.3) is 0 Å². The van der Waals surface area contributed by atoms with Crippen molar-refractivity contribution in [3.05, 3.63) is 0 Å². The molecule has 0 aromatic heterocycles. The topological polar surface area (TPSA) is 108 Å². The molecule has 1 fully saturated rings. The molecule has 1 N–H and O–H groups in total. The number of hydrogen-bond acceptors (Lipinski definition) is 8. The molecule has 1 aliphatic rings. The lowest BCUT2D eigenvalue weighted by molar-refractivity contribution is -0.268. The molecule has 0 amide bonds. The Morgan fingerprint density at radius 2 is 0.537 bits per heavy atom. The Morgan fingerprint density at radius 1 is 0.328 bits per heavy atom. The highest BCUT2D eigenvalue weighted by Gasteiger charge is 2.47. The maximum atomic E-state index is 13.2. The molecule has 0 aromatic carbocycles. The van der Waals surface area contributed by atoms with Gasteiger partial charge >= 0.3 is 17.9 Å². The third kappa shape index (κ3) is 40.7. The molecule has 8 heteroatoms. The lowest BCUT2D eigenvalue weighted by Gasteiger charge is -2.38. The number of aliphatic hydroxyl groups excluding tert-OH is 1. The van der Waals surface area contributed by atoms with Crippen molar-refractivity contribution in [1.82, 2.24) is 0 Å². The summed E-state index contributed by atoms with van der Waals surface area (Å²) in [5, 5.41) is 10.9. The monoisotopic (exact) mass is 949 g/mol. The highest BCUT2D eigenvalue weighted by molar-refractivity contribution is 5.71. The van der Waals surface area contributed by atoms with Crippen molar-refractivity contribution < 1.29 is 38.4 Å². The fraction of sp³-hybridized carbons (Fsp3) is 0.949. The average molecular weight is 950 g/mol. The van der Waals surface area contributed by atoms with E-state index in [0.717, 1.165) is 44.9 Å². The quantitative estimate of drug-likeness (QED) is 0.0365. The van der Waals surface area contributed by atoms with Crippen molar-refractivity contribution in [3.63, 3.8) is 0 Å². The molecule has 1 aliphatic heterocycles. The molecule has 0 bridgehead atoms. The van der Waals surface area contributed by atoms with Gasteiger partial charge in [0.05, 0.1) is 6.61 Å². The molecule has 0 radical (unpaired) electrons. The van der Waals surface area contributed by atoms with Gasteiger partial charge in [0, 0.05) is 19.3 Å². The molecule has 4 atom stereocenters. The molecule has 8 nitrogen and oxygen atoms in total. The number of rotatable bonds is 51. The maximum Gasteiger partial charge on any atom is 0.306 e. The first-order chi connectivity index (χ1) is 32.9. The third-order valence-electron chi connectivity index (χ3n) is 14.2. The third-order valence-corrected chi connectivity index (χ3v) is 14.2. The number of esters is 3. The van der Waals surface area contributed by atoms with E-state index in [9.17, 15) is 19.5 Å². The van der Waals surface area contributed by atoms with Crippen LogP contribution in [0.4, 0.5) is 0 Å². The molecule has 396 valence electrons. The second-order valence-electron chi connectivity index (χ2n) is 20.8. The van der Waals surface area contributed by atoms with E-state index in [4.69, 9.17) is 18.9 Å². The van der Waals surface area contributed by atoms with Crippen LogP contribution in [0.15, 0.2) is 0 Å². The summed E-state index contributed by atoms with van der Waals surface area (Å²) in [6.45, 7) is 6.68. The van der Waals surface area contributed by atoms with Gasteiger partial charge in [-0.3, -0.25) is 14.4 Å². The summed E-state index contributed by atoms with van der Waals surface area (Å²) in [6, 6.07) is 0. The number of carbonyl (C=O) groups excluding carboxylic acids is 3. The van der Waals surface area contributed by atoms with Crippen molar-refractivity contribution in [2.75, 3.05) is 6.61 Å². The fourth-order valence-corrected chi connectivity index (χ4v) is 9.70. The first kappa shape index (κ1) is 63.3. The van der Waals surface area contributed by atoms with Gasteiger partial charge in [-0.2, -0.15) is 0 Å². The van der Waals surface area contributed by atoms with Gasteiger partial charge in [-0.05, 0) is 19.3 Å². The summed E-state index contributed by atoms with van der Waals surface area (Å²) >= 11 is 0. The van der Waals surface area contributed by atoms with Gasteiger partial charge < -0.3 is 24.1 Å². The van der Waals surface area contributed by atoms with Gasteiger partial charge in [0.1, 0.15) is 0 Å². The van der Waals surface area contributed by atoms with Gasteiger partial charge in [0.15, 0.2) is 24.6 Å². The van der Waals surface area contributed by atoms with E-state index in [1.807, 2.05) is 0 Å². The zero-order valence-corrected chi connectivity index (χ0v) is 44.8. The summed E-state index contributed by atoms with van der Waals surface area (Å²) < 4.78 is 23.2. The number of carbonyl (C=O) groups is 3. The molecule has 0 saturated carbocycles. The maximum absolute atomic E-state index is 13.2. The van der Waals surface area contributed by atoms with Crippen LogP contribution in [0.5, 0.6) is 0 Å². The molecule has 0 spiro atoms. The van der Waals surface area contributed by atoms with Crippen LogP contribution in [0.3, 0.4) is 0 Å². The van der Waals surface area contributed by atoms with Crippen molar-refractivity contribution in [3.8, 4) is 0 Å². The van der Waals surface area contributed by atoms with Gasteiger partial charge in [-0.15, -0.1) is 0 Å². The molecule has 1 rings (SSSR count). The SMILES string of the molecule is CCCCCCCCCCCCCCCCCC(=O)O[C@@H]1[C@@H](OC(=O)CCCCCCCCCCCCCCCCC)[C@H](OC(=O)CCCCCCCCCCCCCCCCC)CO[C@H]1O. The van der Waals surface area contributed by atoms with E-state index in [1.165, 1.54) is 231 Å². The van der Waals surface area contributed by atoms with Crippen LogP contribution in [0.1, 0.15) is 329 Å². The minimum atomic E-state index is -1.47. The van der Waals surface area contributed by atoms with Gasteiger partial charge in [0.2, 0.25) is 0 Å². The van der Waals surface area contributed by atoms with Crippen LogP contribution in [-0.2, 0) is 33.3 Å². The number of unbranched alkanes of at least 4 members (excludes halogenated alkanes) is 42. The Hall–Kier alpha value is -1.67. The Kier molecular flexibility index (Phi) is 46.6. The minimum absolute atomic E-state index is 0.129. The molecule has 1 saturated heterocycles. The molecule has 0 aliphatic carbocycles. The van der Waals surface area contributed by atoms with E-state index in [-0.39, 0.29) is 31.8 Å². The van der Waals surface area contributed by atoms with E-state index >= 15 is 0 Å². The fourth-order valence-electron chi connectivity index (χ4n) is 9.70. The standard InChI is InChI=1S/C59H112O8/c1-4-7-10-13-16-19-22-25-28-31-34-37-40-43-46-49-54(60)65-53-52-64-59(63)58(67-56(62)51-48-45-42-39-36-33-30-27-24-21-18-15-12-9-6-3)57(53)66-55(61)50-47-44-41-38-35-32-29-26-23-20-17-14-11-8-5-2/h53,57-59,63H,4-52H2,1-3H3/t53-,57+,58-,59-/m1/s1. The highest BCUT2D eigenvalue weighted by atomic mass is 16.7. The Morgan fingerprint density at radius 3 is 0.791 bits per heavy atom. The number of aliphatic hydroxyl groups is 1. The van der Waals surface area contributed by atoms with Crippen LogP contribution >= 0.6 is 0 Å². The van der Waals surface area contributed by atoms with Gasteiger partial charge in [-0.25, -0.2) is 0 Å². The summed E-state index contributed by atoms with van der Waals surface area (Å²) in [7, 11) is 0. The van der Waals surface area contributed by atoms with Crippen molar-refractivity contribution >= 4 is 17.9 Å². The Bertz CT molecular complexity index is 1080. The lowest BCUT2D eigenvalue weighted by atomic mass is 10.0. The predicted octanol–water partition coefficient (Wildman–Crippen LogP) is 17.9. The summed E-state index contributed by atoms with van der Waals surface area (Å²) in [6.07, 6.45) is 51.9. The van der Waals surface area contributed by atoms with Crippen LogP contribution in [0.25, 0.3) is 0 Å². The molecule has 0 aromatic rings. The van der Waals surface area contributed by atoms with E-state index < -0.39 is 36.5 Å². The molecule has 0 unspecified atom stereocenters. The van der Waals surface area contributed by atoms with Crippen LogP contribution < -0.4 is 0 Å². The number of ether oxygens (including phenoxy) is 4. The van der Waals surface area contributed by atoms with E-state index in [1.54, 1.807) is 0 Å². The average Bonchev–Trinajstić information content (AvgIpc) is 3.32. The van der Waals surface area contributed by atoms with Crippen molar-refractivity contribution in [2.24, 2.45) is 0 Å². The van der Waals surface area contributed by atoms with Crippen LogP contribution in [-0.4, -0.2) is 54.2 Å². The molecular formula is C59H112O8. The van der Waals surface area contributed by atoms with Crippen LogP contribution in [0.2, 0.25) is 0 Å². The molecule has 67 heavy (non-hydrogen) atoms. The zero-order chi connectivity index (χ0) is 48.5. The Labute approximate surface area is 415 Å². The van der Waals surface area contributed by atoms with E-state index in [2.05, 4.69) is 20.8 Å². The largest absolute Gasteiger partial charge is 0.456 e. The van der Waals surface area contributed by atoms with Gasteiger partial charge in [-0.1, -0.05) is 290 Å². The first-order valence-corrected chi connectivity index (χ1v) is 29.8. The molecular weight excluding hydrogens is 837 g/mol. The van der Waals surface area contributed by atoms with Crippen molar-refractivity contribution in [1.29, 1.82) is 0 Å². The minimum Gasteiger partial charge on any atom is -0.456 e. The lowest BCUT2D eigenvalue weighted by Crippen LogP contribution is -2.57. The smallest absolute Gasteiger partial charge is 0.306 e. The van der Waals surface area contributed by atoms with E-state index in [0.29, 0.717) is 12.8 Å². The summed E-state index contributed by atoms with van der Waals surface area (Å²) in [5.41, 5.74) is 0. The number of hydrogen-bond donors (Lipinski definition) is 1. The second kappa shape index (κ2) is 49.3. The second-order valence-corrected chi connectivity index (χ2v) is 20.8. The Balaban J connectivity index is 2.47. The first-order valence-electron chi connectivity index (χ1n) is 29.8. The summed E-state index contributed by atoms with van der Waals surface area (Å²) in [4.78, 5) is 39.5. The molecule has 1 heterocycles.